The standard InChI is InChI=1S/C15H26N2O2S/c1-5-19-14(11-6-7-11)15-17-12(9-18-4)13(20-15)8-16-10(2)3/h10-11,14,16H,5-9H2,1-4H3. The second-order valence-corrected chi connectivity index (χ2v) is 6.72. The van der Waals surface area contributed by atoms with E-state index in [4.69, 9.17) is 14.5 Å². The van der Waals surface area contributed by atoms with Crippen LogP contribution in [0.15, 0.2) is 0 Å². The molecule has 0 aliphatic heterocycles. The Morgan fingerprint density at radius 2 is 2.15 bits per heavy atom. The molecule has 0 aromatic carbocycles. The number of rotatable bonds is 9. The van der Waals surface area contributed by atoms with Crippen LogP contribution >= 0.6 is 11.3 Å². The van der Waals surface area contributed by atoms with Crippen molar-refractivity contribution in [2.24, 2.45) is 5.92 Å². The molecule has 5 heteroatoms. The third-order valence-electron chi connectivity index (χ3n) is 3.39. The molecule has 20 heavy (non-hydrogen) atoms. The van der Waals surface area contributed by atoms with Crippen LogP contribution in [0.25, 0.3) is 0 Å². The third-order valence-corrected chi connectivity index (χ3v) is 4.55. The summed E-state index contributed by atoms with van der Waals surface area (Å²) in [5.41, 5.74) is 1.06. The van der Waals surface area contributed by atoms with E-state index in [0.717, 1.165) is 23.9 Å². The summed E-state index contributed by atoms with van der Waals surface area (Å²) in [7, 11) is 1.72. The number of ether oxygens (including phenoxy) is 2. The van der Waals surface area contributed by atoms with Gasteiger partial charge in [0.15, 0.2) is 0 Å². The van der Waals surface area contributed by atoms with Crippen molar-refractivity contribution < 1.29 is 9.47 Å². The molecule has 2 rings (SSSR count). The van der Waals surface area contributed by atoms with Gasteiger partial charge in [0.25, 0.3) is 0 Å². The molecular weight excluding hydrogens is 272 g/mol. The maximum absolute atomic E-state index is 5.91. The van der Waals surface area contributed by atoms with Gasteiger partial charge in [0.2, 0.25) is 0 Å². The van der Waals surface area contributed by atoms with Crippen molar-refractivity contribution in [3.8, 4) is 0 Å². The van der Waals surface area contributed by atoms with Gasteiger partial charge in [0.05, 0.1) is 12.3 Å². The summed E-state index contributed by atoms with van der Waals surface area (Å²) in [5, 5.41) is 4.59. The lowest BCUT2D eigenvalue weighted by molar-refractivity contribution is 0.0459. The first kappa shape index (κ1) is 15.9. The largest absolute Gasteiger partial charge is 0.378 e. The van der Waals surface area contributed by atoms with Gasteiger partial charge in [-0.2, -0.15) is 0 Å². The average molecular weight is 298 g/mol. The highest BCUT2D eigenvalue weighted by Crippen LogP contribution is 2.44. The predicted molar refractivity (Wildman–Crippen MR) is 81.9 cm³/mol. The van der Waals surface area contributed by atoms with Gasteiger partial charge in [-0.05, 0) is 25.7 Å². The van der Waals surface area contributed by atoms with Gasteiger partial charge >= 0.3 is 0 Å². The van der Waals surface area contributed by atoms with E-state index in [9.17, 15) is 0 Å². The first-order valence-corrected chi connectivity index (χ1v) is 8.29. The maximum Gasteiger partial charge on any atom is 0.122 e. The molecule has 0 amide bonds. The molecule has 0 radical (unpaired) electrons. The summed E-state index contributed by atoms with van der Waals surface area (Å²) in [6, 6.07) is 0.474. The van der Waals surface area contributed by atoms with Crippen LogP contribution in [0.5, 0.6) is 0 Å². The van der Waals surface area contributed by atoms with Gasteiger partial charge in [-0.25, -0.2) is 4.98 Å². The lowest BCUT2D eigenvalue weighted by atomic mass is 10.2. The zero-order valence-corrected chi connectivity index (χ0v) is 13.8. The lowest BCUT2D eigenvalue weighted by Gasteiger charge is -2.12. The molecule has 1 saturated carbocycles. The Balaban J connectivity index is 2.13. The summed E-state index contributed by atoms with van der Waals surface area (Å²) in [6.45, 7) is 8.56. The van der Waals surface area contributed by atoms with Gasteiger partial charge in [-0.15, -0.1) is 11.3 Å². The van der Waals surface area contributed by atoms with E-state index in [1.807, 2.05) is 0 Å². The summed E-state index contributed by atoms with van der Waals surface area (Å²) in [5.74, 6) is 0.669. The first-order valence-electron chi connectivity index (χ1n) is 7.48. The highest BCUT2D eigenvalue weighted by atomic mass is 32.1. The van der Waals surface area contributed by atoms with Crippen LogP contribution < -0.4 is 5.32 Å². The van der Waals surface area contributed by atoms with E-state index in [1.54, 1.807) is 18.4 Å². The highest BCUT2D eigenvalue weighted by molar-refractivity contribution is 7.11. The number of thiazole rings is 1. The minimum absolute atomic E-state index is 0.188. The predicted octanol–water partition coefficient (Wildman–Crippen LogP) is 3.28. The molecular formula is C15H26N2O2S. The quantitative estimate of drug-likeness (QED) is 0.760. The number of hydrogen-bond acceptors (Lipinski definition) is 5. The van der Waals surface area contributed by atoms with Gasteiger partial charge in [-0.1, -0.05) is 13.8 Å². The van der Waals surface area contributed by atoms with E-state index < -0.39 is 0 Å². The van der Waals surface area contributed by atoms with Crippen molar-refractivity contribution in [2.75, 3.05) is 13.7 Å². The zero-order valence-electron chi connectivity index (χ0n) is 12.9. The SMILES string of the molecule is CCOC(c1nc(COC)c(CNC(C)C)s1)C1CC1. The van der Waals surface area contributed by atoms with Crippen LogP contribution in [0.4, 0.5) is 0 Å². The molecule has 1 heterocycles. The summed E-state index contributed by atoms with van der Waals surface area (Å²) >= 11 is 1.78. The minimum Gasteiger partial charge on any atom is -0.378 e. The zero-order chi connectivity index (χ0) is 14.5. The van der Waals surface area contributed by atoms with Crippen molar-refractivity contribution >= 4 is 11.3 Å². The molecule has 1 aliphatic rings. The summed E-state index contributed by atoms with van der Waals surface area (Å²) < 4.78 is 11.2. The lowest BCUT2D eigenvalue weighted by Crippen LogP contribution is -2.21. The molecule has 1 fully saturated rings. The number of aromatic nitrogens is 1. The fourth-order valence-corrected chi connectivity index (χ4v) is 3.36. The van der Waals surface area contributed by atoms with Gasteiger partial charge in [0.1, 0.15) is 11.1 Å². The van der Waals surface area contributed by atoms with E-state index in [2.05, 4.69) is 26.1 Å². The molecule has 114 valence electrons. The Morgan fingerprint density at radius 1 is 1.40 bits per heavy atom. The fraction of sp³-hybridized carbons (Fsp3) is 0.800. The third kappa shape index (κ3) is 4.25. The van der Waals surface area contributed by atoms with Crippen molar-refractivity contribution in [2.45, 2.75) is 58.9 Å². The van der Waals surface area contributed by atoms with Crippen molar-refractivity contribution in [1.29, 1.82) is 0 Å². The molecule has 1 aromatic rings. The average Bonchev–Trinajstić information content (AvgIpc) is 3.16. The van der Waals surface area contributed by atoms with Crippen LogP contribution in [-0.2, 0) is 22.6 Å². The van der Waals surface area contributed by atoms with Crippen LogP contribution in [0.2, 0.25) is 0 Å². The topological polar surface area (TPSA) is 43.4 Å². The molecule has 1 aromatic heterocycles. The fourth-order valence-electron chi connectivity index (χ4n) is 2.20. The monoisotopic (exact) mass is 298 g/mol. The van der Waals surface area contributed by atoms with Crippen molar-refractivity contribution in [3.05, 3.63) is 15.6 Å². The number of methoxy groups -OCH3 is 1. The van der Waals surface area contributed by atoms with E-state index in [-0.39, 0.29) is 6.10 Å². The summed E-state index contributed by atoms with van der Waals surface area (Å²) in [6.07, 6.45) is 2.72. The van der Waals surface area contributed by atoms with Crippen molar-refractivity contribution in [3.63, 3.8) is 0 Å². The van der Waals surface area contributed by atoms with Crippen LogP contribution in [-0.4, -0.2) is 24.7 Å². The van der Waals surface area contributed by atoms with E-state index in [0.29, 0.717) is 18.6 Å². The molecule has 1 N–H and O–H groups in total. The molecule has 1 atom stereocenters. The second-order valence-electron chi connectivity index (χ2n) is 5.60. The Hall–Kier alpha value is -0.490. The molecule has 0 saturated heterocycles. The Morgan fingerprint density at radius 3 is 2.70 bits per heavy atom. The number of hydrogen-bond donors (Lipinski definition) is 1. The highest BCUT2D eigenvalue weighted by Gasteiger charge is 2.35. The normalized spacial score (nSPS) is 16.9. The number of nitrogens with zero attached hydrogens (tertiary/aromatic N) is 1. The van der Waals surface area contributed by atoms with Gasteiger partial charge < -0.3 is 14.8 Å². The molecule has 1 unspecified atom stereocenters. The Kier molecular flexibility index (Phi) is 5.96. The number of nitrogens with one attached hydrogen (secondary N) is 1. The van der Waals surface area contributed by atoms with Crippen LogP contribution in [0.3, 0.4) is 0 Å². The molecule has 0 spiro atoms. The van der Waals surface area contributed by atoms with E-state index in [1.165, 1.54) is 17.7 Å². The molecule has 0 bridgehead atoms. The smallest absolute Gasteiger partial charge is 0.122 e. The Bertz CT molecular complexity index is 416. The first-order chi connectivity index (χ1) is 9.65. The summed E-state index contributed by atoms with van der Waals surface area (Å²) in [4.78, 5) is 6.07. The van der Waals surface area contributed by atoms with Crippen LogP contribution in [0.1, 0.15) is 55.3 Å². The minimum atomic E-state index is 0.188. The Labute approximate surface area is 125 Å². The van der Waals surface area contributed by atoms with Gasteiger partial charge in [0, 0.05) is 31.2 Å². The molecule has 1 aliphatic carbocycles. The van der Waals surface area contributed by atoms with Crippen LogP contribution in [0, 0.1) is 5.92 Å². The van der Waals surface area contributed by atoms with Crippen molar-refractivity contribution in [1.82, 2.24) is 10.3 Å². The second kappa shape index (κ2) is 7.50. The maximum atomic E-state index is 5.91. The van der Waals surface area contributed by atoms with Gasteiger partial charge in [-0.3, -0.25) is 0 Å². The molecule has 4 nitrogen and oxygen atoms in total. The van der Waals surface area contributed by atoms with E-state index >= 15 is 0 Å².